The van der Waals surface area contributed by atoms with Crippen molar-refractivity contribution < 1.29 is 14.7 Å². The summed E-state index contributed by atoms with van der Waals surface area (Å²) in [4.78, 5) is 23.9. The number of carbonyl (C=O) groups is 2. The molecule has 2 amide bonds. The lowest BCUT2D eigenvalue weighted by molar-refractivity contribution is -0.132. The highest BCUT2D eigenvalue weighted by Crippen LogP contribution is 2.16. The first-order valence-electron chi connectivity index (χ1n) is 6.80. The van der Waals surface area contributed by atoms with Crippen LogP contribution in [-0.4, -0.2) is 47.6 Å². The number of thiol groups is 2. The number of amides is 2. The summed E-state index contributed by atoms with van der Waals surface area (Å²) in [5, 5.41) is 14.1. The van der Waals surface area contributed by atoms with E-state index in [2.05, 4.69) is 35.9 Å². The van der Waals surface area contributed by atoms with Crippen molar-refractivity contribution in [3.63, 3.8) is 0 Å². The molecule has 0 heterocycles. The average Bonchev–Trinajstić information content (AvgIpc) is 2.43. The second-order valence-corrected chi connectivity index (χ2v) is 6.01. The molecular formula is C13H26N2O3S2. The van der Waals surface area contributed by atoms with E-state index < -0.39 is 11.5 Å². The molecule has 0 rings (SSSR count). The Balaban J connectivity index is 4.18. The fourth-order valence-electron chi connectivity index (χ4n) is 1.37. The van der Waals surface area contributed by atoms with E-state index >= 15 is 0 Å². The number of nitrogens with one attached hydrogen (secondary N) is 2. The van der Waals surface area contributed by atoms with Crippen LogP contribution in [0, 0.1) is 5.41 Å². The molecule has 0 aromatic heterocycles. The van der Waals surface area contributed by atoms with Crippen molar-refractivity contribution in [2.45, 2.75) is 39.2 Å². The van der Waals surface area contributed by atoms with Gasteiger partial charge in [0.25, 0.3) is 0 Å². The maximum Gasteiger partial charge on any atom is 0.243 e. The van der Waals surface area contributed by atoms with Crippen molar-refractivity contribution in [2.24, 2.45) is 5.41 Å². The van der Waals surface area contributed by atoms with Crippen molar-refractivity contribution in [3.8, 4) is 0 Å². The molecule has 0 radical (unpaired) electrons. The molecule has 20 heavy (non-hydrogen) atoms. The lowest BCUT2D eigenvalue weighted by Crippen LogP contribution is -2.52. The fourth-order valence-corrected chi connectivity index (χ4v) is 1.77. The molecule has 5 nitrogen and oxygen atoms in total. The van der Waals surface area contributed by atoms with Crippen LogP contribution in [0.2, 0.25) is 0 Å². The molecule has 118 valence electrons. The van der Waals surface area contributed by atoms with Crippen molar-refractivity contribution in [1.29, 1.82) is 0 Å². The summed E-state index contributed by atoms with van der Waals surface area (Å²) in [6.45, 7) is 4.26. The van der Waals surface area contributed by atoms with Gasteiger partial charge in [0.15, 0.2) is 0 Å². The molecule has 0 aliphatic rings. The number of carbonyl (C=O) groups excluding carboxylic acids is 2. The zero-order chi connectivity index (χ0) is 15.6. The number of hydrogen-bond donors (Lipinski definition) is 5. The smallest absolute Gasteiger partial charge is 0.243 e. The van der Waals surface area contributed by atoms with Crippen LogP contribution in [0.25, 0.3) is 0 Å². The highest BCUT2D eigenvalue weighted by molar-refractivity contribution is 7.80. The van der Waals surface area contributed by atoms with Gasteiger partial charge in [-0.2, -0.15) is 25.3 Å². The van der Waals surface area contributed by atoms with E-state index in [4.69, 9.17) is 5.11 Å². The minimum absolute atomic E-state index is 0.169. The molecule has 0 saturated heterocycles. The number of hydrogen-bond acceptors (Lipinski definition) is 5. The second-order valence-electron chi connectivity index (χ2n) is 5.33. The molecule has 0 spiro atoms. The zero-order valence-corrected chi connectivity index (χ0v) is 14.0. The summed E-state index contributed by atoms with van der Waals surface area (Å²) in [5.74, 6) is 0.215. The molecule has 0 saturated carbocycles. The molecular weight excluding hydrogens is 296 g/mol. The van der Waals surface area contributed by atoms with Gasteiger partial charge in [0.2, 0.25) is 11.8 Å². The standard InChI is InChI=1S/C13H26N2O3S2/c1-13(2,9-20)12(18)15-10(8-19)11(17)14-6-4-3-5-7-16/h10,16,19-20H,3-9H2,1-2H3,(H,14,17)(H,15,18). The Bertz CT molecular complexity index is 312. The Morgan fingerprint density at radius 1 is 1.20 bits per heavy atom. The molecule has 0 fully saturated rings. The van der Waals surface area contributed by atoms with Crippen LogP contribution in [0.15, 0.2) is 0 Å². The van der Waals surface area contributed by atoms with E-state index in [0.29, 0.717) is 12.3 Å². The van der Waals surface area contributed by atoms with E-state index in [1.54, 1.807) is 13.8 Å². The summed E-state index contributed by atoms with van der Waals surface area (Å²) in [7, 11) is 0. The number of aliphatic hydroxyl groups is 1. The van der Waals surface area contributed by atoms with E-state index in [-0.39, 0.29) is 24.2 Å². The highest BCUT2D eigenvalue weighted by atomic mass is 32.1. The summed E-state index contributed by atoms with van der Waals surface area (Å²) in [6.07, 6.45) is 2.40. The van der Waals surface area contributed by atoms with Gasteiger partial charge >= 0.3 is 0 Å². The summed E-state index contributed by atoms with van der Waals surface area (Å²) < 4.78 is 0. The van der Waals surface area contributed by atoms with E-state index in [1.807, 2.05) is 0 Å². The molecule has 0 bridgehead atoms. The minimum Gasteiger partial charge on any atom is -0.396 e. The normalized spacial score (nSPS) is 12.8. The quantitative estimate of drug-likeness (QED) is 0.302. The van der Waals surface area contributed by atoms with Crippen molar-refractivity contribution >= 4 is 37.1 Å². The average molecular weight is 322 g/mol. The third kappa shape index (κ3) is 7.40. The monoisotopic (exact) mass is 322 g/mol. The van der Waals surface area contributed by atoms with Gasteiger partial charge in [0.1, 0.15) is 6.04 Å². The first-order chi connectivity index (χ1) is 9.38. The van der Waals surface area contributed by atoms with E-state index in [9.17, 15) is 9.59 Å². The summed E-state index contributed by atoms with van der Waals surface area (Å²) >= 11 is 8.24. The predicted molar refractivity (Wildman–Crippen MR) is 87.4 cm³/mol. The first kappa shape index (κ1) is 19.6. The van der Waals surface area contributed by atoms with Gasteiger partial charge in [-0.15, -0.1) is 0 Å². The van der Waals surface area contributed by atoms with Crippen LogP contribution in [0.5, 0.6) is 0 Å². The Morgan fingerprint density at radius 2 is 1.85 bits per heavy atom. The highest BCUT2D eigenvalue weighted by Gasteiger charge is 2.29. The molecule has 0 aliphatic carbocycles. The second kappa shape index (κ2) is 10.3. The van der Waals surface area contributed by atoms with Gasteiger partial charge in [0, 0.05) is 24.7 Å². The molecule has 0 aromatic carbocycles. The van der Waals surface area contributed by atoms with Gasteiger partial charge < -0.3 is 15.7 Å². The zero-order valence-electron chi connectivity index (χ0n) is 12.2. The van der Waals surface area contributed by atoms with Crippen LogP contribution < -0.4 is 10.6 Å². The number of aliphatic hydroxyl groups excluding tert-OH is 1. The first-order valence-corrected chi connectivity index (χ1v) is 8.06. The summed E-state index contributed by atoms with van der Waals surface area (Å²) in [5.41, 5.74) is -0.619. The third-order valence-corrected chi connectivity index (χ3v) is 4.10. The Hall–Kier alpha value is -0.400. The SMILES string of the molecule is CC(C)(CS)C(=O)NC(CS)C(=O)NCCCCCO. The van der Waals surface area contributed by atoms with Crippen molar-refractivity contribution in [2.75, 3.05) is 24.7 Å². The van der Waals surface area contributed by atoms with Crippen LogP contribution >= 0.6 is 25.3 Å². The van der Waals surface area contributed by atoms with Gasteiger partial charge in [0.05, 0.1) is 5.41 Å². The maximum absolute atomic E-state index is 12.0. The van der Waals surface area contributed by atoms with Crippen LogP contribution in [-0.2, 0) is 9.59 Å². The summed E-state index contributed by atoms with van der Waals surface area (Å²) in [6, 6.07) is -0.636. The number of rotatable bonds is 10. The Labute approximate surface area is 132 Å². The molecule has 1 unspecified atom stereocenters. The lowest BCUT2D eigenvalue weighted by atomic mass is 9.95. The van der Waals surface area contributed by atoms with Gasteiger partial charge in [-0.3, -0.25) is 9.59 Å². The molecule has 0 aliphatic heterocycles. The molecule has 1 atom stereocenters. The van der Waals surface area contributed by atoms with Crippen LogP contribution in [0.4, 0.5) is 0 Å². The van der Waals surface area contributed by atoms with Gasteiger partial charge in [-0.25, -0.2) is 0 Å². The fraction of sp³-hybridized carbons (Fsp3) is 0.846. The van der Waals surface area contributed by atoms with Crippen LogP contribution in [0.1, 0.15) is 33.1 Å². The van der Waals surface area contributed by atoms with Gasteiger partial charge in [-0.1, -0.05) is 13.8 Å². The van der Waals surface area contributed by atoms with Crippen LogP contribution in [0.3, 0.4) is 0 Å². The number of unbranched alkanes of at least 4 members (excludes halogenated alkanes) is 2. The maximum atomic E-state index is 12.0. The molecule has 3 N–H and O–H groups in total. The third-order valence-electron chi connectivity index (χ3n) is 2.95. The Morgan fingerprint density at radius 3 is 2.35 bits per heavy atom. The van der Waals surface area contributed by atoms with E-state index in [1.165, 1.54) is 0 Å². The van der Waals surface area contributed by atoms with Crippen molar-refractivity contribution in [1.82, 2.24) is 10.6 Å². The Kier molecular flexibility index (Phi) is 10.1. The largest absolute Gasteiger partial charge is 0.396 e. The molecule has 0 aromatic rings. The predicted octanol–water partition coefficient (Wildman–Crippen LogP) is 0.636. The topological polar surface area (TPSA) is 78.4 Å². The van der Waals surface area contributed by atoms with Gasteiger partial charge in [-0.05, 0) is 19.3 Å². The lowest BCUT2D eigenvalue weighted by Gasteiger charge is -2.24. The minimum atomic E-state index is -0.636. The van der Waals surface area contributed by atoms with Crippen molar-refractivity contribution in [3.05, 3.63) is 0 Å². The molecule has 7 heteroatoms. The van der Waals surface area contributed by atoms with E-state index in [0.717, 1.165) is 19.3 Å².